The first-order valence-corrected chi connectivity index (χ1v) is 13.2. The van der Waals surface area contributed by atoms with E-state index in [-0.39, 0.29) is 36.3 Å². The van der Waals surface area contributed by atoms with Crippen LogP contribution < -0.4 is 14.8 Å². The van der Waals surface area contributed by atoms with Gasteiger partial charge in [-0.3, -0.25) is 9.59 Å². The maximum Gasteiger partial charge on any atom is 0.231 e. The summed E-state index contributed by atoms with van der Waals surface area (Å²) in [6, 6.07) is 11.9. The number of amides is 1. The molecule has 0 aromatic heterocycles. The van der Waals surface area contributed by atoms with Crippen LogP contribution in [0.25, 0.3) is 0 Å². The van der Waals surface area contributed by atoms with Gasteiger partial charge in [0.15, 0.2) is 17.3 Å². The van der Waals surface area contributed by atoms with Gasteiger partial charge in [0.1, 0.15) is 5.82 Å². The average molecular weight is 495 g/mol. The molecule has 3 aliphatic rings. The van der Waals surface area contributed by atoms with E-state index in [1.165, 1.54) is 18.6 Å². The fraction of sp³-hybridized carbons (Fsp3) is 0.517. The Kier molecular flexibility index (Phi) is 7.85. The second kappa shape index (κ2) is 11.4. The van der Waals surface area contributed by atoms with Gasteiger partial charge in [-0.05, 0) is 112 Å². The molecule has 1 amide bonds. The highest BCUT2D eigenvalue weighted by Gasteiger charge is 2.27. The average Bonchev–Trinajstić information content (AvgIpc) is 3.37. The molecule has 0 radical (unpaired) electrons. The number of carbonyl (C=O) groups excluding carboxylic acids is 2. The minimum atomic E-state index is -0.306. The van der Waals surface area contributed by atoms with E-state index in [1.54, 1.807) is 12.1 Å². The van der Waals surface area contributed by atoms with Crippen LogP contribution in [0.2, 0.25) is 0 Å². The highest BCUT2D eigenvalue weighted by molar-refractivity contribution is 5.97. The van der Waals surface area contributed by atoms with Gasteiger partial charge >= 0.3 is 0 Å². The van der Waals surface area contributed by atoms with Crippen LogP contribution >= 0.6 is 0 Å². The summed E-state index contributed by atoms with van der Waals surface area (Å²) >= 11 is 0. The lowest BCUT2D eigenvalue weighted by Crippen LogP contribution is -2.40. The van der Waals surface area contributed by atoms with Crippen LogP contribution in [-0.4, -0.2) is 49.1 Å². The zero-order valence-corrected chi connectivity index (χ0v) is 20.7. The van der Waals surface area contributed by atoms with Crippen molar-refractivity contribution >= 4 is 11.7 Å². The zero-order chi connectivity index (χ0) is 24.9. The lowest BCUT2D eigenvalue weighted by molar-refractivity contribution is -0.121. The van der Waals surface area contributed by atoms with Crippen LogP contribution in [-0.2, 0) is 11.2 Å². The van der Waals surface area contributed by atoms with E-state index in [0.29, 0.717) is 23.7 Å². The first-order chi connectivity index (χ1) is 17.5. The molecule has 7 heteroatoms. The number of fused-ring (bicyclic) bond motifs is 1. The number of piperidine rings is 1. The summed E-state index contributed by atoms with van der Waals surface area (Å²) in [7, 11) is 0. The molecule has 2 aromatic rings. The van der Waals surface area contributed by atoms with Gasteiger partial charge in [0.2, 0.25) is 12.7 Å². The third-order valence-electron chi connectivity index (χ3n) is 7.95. The van der Waals surface area contributed by atoms with Gasteiger partial charge in [0, 0.05) is 17.5 Å². The van der Waals surface area contributed by atoms with Crippen molar-refractivity contribution < 1.29 is 23.5 Å². The number of nitrogens with one attached hydrogen (secondary N) is 1. The summed E-state index contributed by atoms with van der Waals surface area (Å²) in [6.45, 7) is 3.21. The molecular formula is C29H35FN2O4. The molecule has 2 heterocycles. The van der Waals surface area contributed by atoms with E-state index in [1.807, 2.05) is 18.2 Å². The number of ether oxygens (including phenoxy) is 2. The van der Waals surface area contributed by atoms with E-state index in [2.05, 4.69) is 10.2 Å². The van der Waals surface area contributed by atoms with Crippen LogP contribution in [0.4, 0.5) is 4.39 Å². The minimum absolute atomic E-state index is 0.0448. The number of nitrogens with zero attached hydrogens (tertiary/aromatic N) is 1. The van der Waals surface area contributed by atoms with Crippen LogP contribution in [0.5, 0.6) is 11.5 Å². The molecule has 1 saturated heterocycles. The molecule has 0 atom stereocenters. The van der Waals surface area contributed by atoms with E-state index >= 15 is 0 Å². The van der Waals surface area contributed by atoms with Gasteiger partial charge < -0.3 is 19.7 Å². The summed E-state index contributed by atoms with van der Waals surface area (Å²) in [6.07, 6.45) is 7.64. The van der Waals surface area contributed by atoms with Crippen molar-refractivity contribution in [2.45, 2.75) is 57.4 Å². The molecule has 2 aliphatic heterocycles. The van der Waals surface area contributed by atoms with Crippen molar-refractivity contribution in [2.24, 2.45) is 11.8 Å². The number of hydrogen-bond donors (Lipinski definition) is 1. The SMILES string of the molecule is O=C(Cc1ccc2c(c1)OCO2)NC1CCC(CCN2CCC(C(=O)c3ccc(F)cc3)CC2)CC1. The zero-order valence-electron chi connectivity index (χ0n) is 20.7. The Morgan fingerprint density at radius 3 is 2.39 bits per heavy atom. The number of carbonyl (C=O) groups is 2. The monoisotopic (exact) mass is 494 g/mol. The fourth-order valence-electron chi connectivity index (χ4n) is 5.74. The fourth-order valence-corrected chi connectivity index (χ4v) is 5.74. The Bertz CT molecular complexity index is 1060. The molecule has 1 N–H and O–H groups in total. The number of benzene rings is 2. The Morgan fingerprint density at radius 2 is 1.64 bits per heavy atom. The lowest BCUT2D eigenvalue weighted by atomic mass is 9.83. The van der Waals surface area contributed by atoms with Crippen molar-refractivity contribution in [3.63, 3.8) is 0 Å². The molecule has 5 rings (SSSR count). The van der Waals surface area contributed by atoms with Gasteiger partial charge in [-0.2, -0.15) is 0 Å². The molecule has 192 valence electrons. The number of halogens is 1. The largest absolute Gasteiger partial charge is 0.454 e. The summed E-state index contributed by atoms with van der Waals surface area (Å²) in [5.41, 5.74) is 1.56. The topological polar surface area (TPSA) is 67.9 Å². The Balaban J connectivity index is 0.977. The van der Waals surface area contributed by atoms with Gasteiger partial charge in [0.25, 0.3) is 0 Å². The van der Waals surface area contributed by atoms with Crippen molar-refractivity contribution in [1.82, 2.24) is 10.2 Å². The Hall–Kier alpha value is -2.93. The molecule has 0 unspecified atom stereocenters. The summed E-state index contributed by atoms with van der Waals surface area (Å²) < 4.78 is 23.9. The van der Waals surface area contributed by atoms with Gasteiger partial charge in [0.05, 0.1) is 6.42 Å². The number of hydrogen-bond acceptors (Lipinski definition) is 5. The minimum Gasteiger partial charge on any atom is -0.454 e. The van der Waals surface area contributed by atoms with Crippen molar-refractivity contribution in [3.8, 4) is 11.5 Å². The maximum atomic E-state index is 13.1. The smallest absolute Gasteiger partial charge is 0.231 e. The van der Waals surface area contributed by atoms with E-state index in [9.17, 15) is 14.0 Å². The van der Waals surface area contributed by atoms with Crippen molar-refractivity contribution in [2.75, 3.05) is 26.4 Å². The molecule has 0 spiro atoms. The first-order valence-electron chi connectivity index (χ1n) is 13.2. The molecule has 1 aliphatic carbocycles. The molecule has 2 fully saturated rings. The Morgan fingerprint density at radius 1 is 0.917 bits per heavy atom. The molecular weight excluding hydrogens is 459 g/mol. The van der Waals surface area contributed by atoms with E-state index < -0.39 is 0 Å². The summed E-state index contributed by atoms with van der Waals surface area (Å²) in [5, 5.41) is 3.22. The quantitative estimate of drug-likeness (QED) is 0.536. The third-order valence-corrected chi connectivity index (χ3v) is 7.95. The highest BCUT2D eigenvalue weighted by atomic mass is 19.1. The normalized spacial score (nSPS) is 22.4. The summed E-state index contributed by atoms with van der Waals surface area (Å²) in [4.78, 5) is 27.7. The predicted molar refractivity (Wildman–Crippen MR) is 135 cm³/mol. The summed E-state index contributed by atoms with van der Waals surface area (Å²) in [5.74, 6) is 2.10. The molecule has 36 heavy (non-hydrogen) atoms. The first kappa shape index (κ1) is 24.8. The standard InChI is InChI=1S/C29H35FN2O4/c30-24-6-4-22(5-7-24)29(34)23-12-15-32(16-13-23)14-11-20-1-8-25(9-2-20)31-28(33)18-21-3-10-26-27(17-21)36-19-35-26/h3-7,10,17,20,23,25H,1-2,8-9,11-16,18-19H2,(H,31,33). The van der Waals surface area contributed by atoms with E-state index in [0.717, 1.165) is 69.5 Å². The Labute approximate surface area is 212 Å². The number of ketones is 1. The van der Waals surface area contributed by atoms with Crippen molar-refractivity contribution in [1.29, 1.82) is 0 Å². The molecule has 6 nitrogen and oxygen atoms in total. The molecule has 2 aromatic carbocycles. The third kappa shape index (κ3) is 6.25. The van der Waals surface area contributed by atoms with E-state index in [4.69, 9.17) is 9.47 Å². The van der Waals surface area contributed by atoms with Crippen LogP contribution in [0, 0.1) is 17.7 Å². The van der Waals surface area contributed by atoms with Gasteiger partial charge in [-0.15, -0.1) is 0 Å². The second-order valence-corrected chi connectivity index (χ2v) is 10.4. The second-order valence-electron chi connectivity index (χ2n) is 10.4. The number of Topliss-reactive ketones (excluding diaryl/α,β-unsaturated/α-hetero) is 1. The number of likely N-dealkylation sites (tertiary alicyclic amines) is 1. The predicted octanol–water partition coefficient (Wildman–Crippen LogP) is 4.76. The maximum absolute atomic E-state index is 13.1. The van der Waals surface area contributed by atoms with Crippen LogP contribution in [0.15, 0.2) is 42.5 Å². The van der Waals surface area contributed by atoms with Gasteiger partial charge in [-0.1, -0.05) is 6.07 Å². The highest BCUT2D eigenvalue weighted by Crippen LogP contribution is 2.33. The number of rotatable bonds is 8. The lowest BCUT2D eigenvalue weighted by Gasteiger charge is -2.34. The van der Waals surface area contributed by atoms with Crippen molar-refractivity contribution in [3.05, 3.63) is 59.4 Å². The van der Waals surface area contributed by atoms with Crippen LogP contribution in [0.1, 0.15) is 60.9 Å². The molecule has 1 saturated carbocycles. The van der Waals surface area contributed by atoms with Crippen LogP contribution in [0.3, 0.4) is 0 Å². The molecule has 0 bridgehead atoms. The van der Waals surface area contributed by atoms with Gasteiger partial charge in [-0.25, -0.2) is 4.39 Å².